The number of amides is 1. The van der Waals surface area contributed by atoms with Gasteiger partial charge in [0.2, 0.25) is 0 Å². The van der Waals surface area contributed by atoms with Crippen molar-refractivity contribution in [2.24, 2.45) is 0 Å². The van der Waals surface area contributed by atoms with Crippen molar-refractivity contribution in [2.45, 2.75) is 37.7 Å². The van der Waals surface area contributed by atoms with Crippen LogP contribution in [0.3, 0.4) is 0 Å². The molecule has 4 nitrogen and oxygen atoms in total. The minimum absolute atomic E-state index is 0.288. The lowest BCUT2D eigenvalue weighted by Crippen LogP contribution is -2.48. The van der Waals surface area contributed by atoms with Gasteiger partial charge in [0.25, 0.3) is 0 Å². The van der Waals surface area contributed by atoms with E-state index in [1.165, 1.54) is 0 Å². The summed E-state index contributed by atoms with van der Waals surface area (Å²) in [5, 5.41) is 11.8. The third-order valence-corrected chi connectivity index (χ3v) is 3.78. The lowest BCUT2D eigenvalue weighted by atomic mass is 10.1. The number of likely N-dealkylation sites (tertiary alicyclic amines) is 1. The van der Waals surface area contributed by atoms with E-state index in [-0.39, 0.29) is 6.42 Å². The molecule has 2 unspecified atom stereocenters. The van der Waals surface area contributed by atoms with Gasteiger partial charge < -0.3 is 10.4 Å². The van der Waals surface area contributed by atoms with Gasteiger partial charge >= 0.3 is 12.1 Å². The van der Waals surface area contributed by atoms with Crippen LogP contribution in [0, 0.1) is 0 Å². The molecule has 2 N–H and O–H groups in total. The molecule has 1 fully saturated rings. The van der Waals surface area contributed by atoms with Crippen LogP contribution in [0.25, 0.3) is 0 Å². The third kappa shape index (κ3) is 4.71. The molecule has 1 aromatic carbocycles. The molecule has 22 heavy (non-hydrogen) atoms. The van der Waals surface area contributed by atoms with Crippen LogP contribution >= 0.6 is 0 Å². The summed E-state index contributed by atoms with van der Waals surface area (Å²) in [4.78, 5) is 13.1. The van der Waals surface area contributed by atoms with E-state index in [2.05, 4.69) is 4.90 Å². The third-order valence-electron chi connectivity index (χ3n) is 3.78. The molecule has 0 aliphatic carbocycles. The number of hydrogen-bond donors (Lipinski definition) is 2. The van der Waals surface area contributed by atoms with Gasteiger partial charge in [-0.3, -0.25) is 9.69 Å². The van der Waals surface area contributed by atoms with Crippen molar-refractivity contribution in [2.75, 3.05) is 13.1 Å². The zero-order valence-corrected chi connectivity index (χ0v) is 12.0. The Kier molecular flexibility index (Phi) is 5.42. The summed E-state index contributed by atoms with van der Waals surface area (Å²) in [6, 6.07) is 8.85. The lowest BCUT2D eigenvalue weighted by molar-refractivity contribution is -0.175. The van der Waals surface area contributed by atoms with Crippen LogP contribution in [0.4, 0.5) is 13.2 Å². The van der Waals surface area contributed by atoms with Crippen molar-refractivity contribution in [1.82, 2.24) is 10.2 Å². The van der Waals surface area contributed by atoms with E-state index in [4.69, 9.17) is 0 Å². The first kappa shape index (κ1) is 16.8. The largest absolute Gasteiger partial charge is 0.471 e. The zero-order valence-electron chi connectivity index (χ0n) is 12.0. The minimum Gasteiger partial charge on any atom is -0.391 e. The number of nitrogens with one attached hydrogen (secondary N) is 1. The number of hydrogen-bond acceptors (Lipinski definition) is 3. The smallest absolute Gasteiger partial charge is 0.391 e. The molecule has 1 aliphatic rings. The van der Waals surface area contributed by atoms with Crippen molar-refractivity contribution in [1.29, 1.82) is 0 Å². The van der Waals surface area contributed by atoms with Crippen LogP contribution < -0.4 is 5.32 Å². The Labute approximate surface area is 126 Å². The summed E-state index contributed by atoms with van der Waals surface area (Å²) in [5.41, 5.74) is 1.11. The quantitative estimate of drug-likeness (QED) is 0.892. The van der Waals surface area contributed by atoms with Crippen molar-refractivity contribution in [3.05, 3.63) is 35.9 Å². The predicted molar refractivity (Wildman–Crippen MR) is 74.9 cm³/mol. The molecular weight excluding hydrogens is 297 g/mol. The number of alkyl halides is 3. The SMILES string of the molecule is O=C(NC1CCN(Cc2ccccc2)CCC1O)C(F)(F)F. The maximum absolute atomic E-state index is 12.3. The van der Waals surface area contributed by atoms with Crippen LogP contribution in [0.1, 0.15) is 18.4 Å². The highest BCUT2D eigenvalue weighted by Gasteiger charge is 2.41. The Morgan fingerprint density at radius 3 is 2.50 bits per heavy atom. The minimum atomic E-state index is -4.92. The molecule has 0 spiro atoms. The second kappa shape index (κ2) is 7.11. The Hall–Kier alpha value is -1.60. The summed E-state index contributed by atoms with van der Waals surface area (Å²) in [5.74, 6) is -1.99. The van der Waals surface area contributed by atoms with Crippen LogP contribution in [-0.2, 0) is 11.3 Å². The Morgan fingerprint density at radius 2 is 1.86 bits per heavy atom. The van der Waals surface area contributed by atoms with E-state index in [9.17, 15) is 23.1 Å². The van der Waals surface area contributed by atoms with Gasteiger partial charge in [0.1, 0.15) is 0 Å². The normalized spacial score (nSPS) is 23.8. The average Bonchev–Trinajstić information content (AvgIpc) is 2.63. The second-order valence-electron chi connectivity index (χ2n) is 5.48. The Balaban J connectivity index is 1.91. The number of benzene rings is 1. The molecule has 0 radical (unpaired) electrons. The molecule has 1 amide bonds. The molecular formula is C15H19F3N2O2. The van der Waals surface area contributed by atoms with Gasteiger partial charge in [-0.15, -0.1) is 0 Å². The summed E-state index contributed by atoms with van der Waals surface area (Å²) >= 11 is 0. The molecule has 7 heteroatoms. The monoisotopic (exact) mass is 316 g/mol. The molecule has 1 aliphatic heterocycles. The van der Waals surface area contributed by atoms with Gasteiger partial charge in [-0.05, 0) is 18.4 Å². The molecule has 1 saturated heterocycles. The van der Waals surface area contributed by atoms with E-state index < -0.39 is 24.2 Å². The van der Waals surface area contributed by atoms with E-state index in [1.54, 1.807) is 0 Å². The van der Waals surface area contributed by atoms with Gasteiger partial charge in [0.05, 0.1) is 12.1 Å². The van der Waals surface area contributed by atoms with Crippen molar-refractivity contribution in [3.63, 3.8) is 0 Å². The highest BCUT2D eigenvalue weighted by Crippen LogP contribution is 2.18. The maximum atomic E-state index is 12.3. The van der Waals surface area contributed by atoms with Crippen molar-refractivity contribution < 1.29 is 23.1 Å². The fraction of sp³-hybridized carbons (Fsp3) is 0.533. The van der Waals surface area contributed by atoms with E-state index in [0.717, 1.165) is 5.56 Å². The predicted octanol–water partition coefficient (Wildman–Crippen LogP) is 1.69. The van der Waals surface area contributed by atoms with Crippen molar-refractivity contribution in [3.8, 4) is 0 Å². The van der Waals surface area contributed by atoms with Gasteiger partial charge in [0.15, 0.2) is 0 Å². The van der Waals surface area contributed by atoms with E-state index in [1.807, 2.05) is 35.6 Å². The van der Waals surface area contributed by atoms with Crippen molar-refractivity contribution >= 4 is 5.91 Å². The molecule has 0 bridgehead atoms. The second-order valence-corrected chi connectivity index (χ2v) is 5.48. The Morgan fingerprint density at radius 1 is 1.23 bits per heavy atom. The average molecular weight is 316 g/mol. The van der Waals surface area contributed by atoms with Crippen LogP contribution in [0.15, 0.2) is 30.3 Å². The number of halogens is 3. The number of carbonyl (C=O) groups is 1. The van der Waals surface area contributed by atoms with E-state index >= 15 is 0 Å². The highest BCUT2D eigenvalue weighted by molar-refractivity contribution is 5.82. The molecule has 0 aromatic heterocycles. The van der Waals surface area contributed by atoms with Gasteiger partial charge in [-0.1, -0.05) is 30.3 Å². The number of nitrogens with zero attached hydrogens (tertiary/aromatic N) is 1. The van der Waals surface area contributed by atoms with Gasteiger partial charge in [0, 0.05) is 19.6 Å². The standard InChI is InChI=1S/C15H19F3N2O2/c16-15(17,18)14(22)19-12-6-8-20(9-7-13(12)21)10-11-4-2-1-3-5-11/h1-5,12-13,21H,6-10H2,(H,19,22). The molecule has 2 rings (SSSR count). The number of aliphatic hydroxyl groups is 1. The van der Waals surface area contributed by atoms with Crippen LogP contribution in [0.2, 0.25) is 0 Å². The lowest BCUT2D eigenvalue weighted by Gasteiger charge is -2.22. The van der Waals surface area contributed by atoms with Gasteiger partial charge in [-0.25, -0.2) is 0 Å². The number of aliphatic hydroxyl groups excluding tert-OH is 1. The summed E-state index contributed by atoms with van der Waals surface area (Å²) in [7, 11) is 0. The van der Waals surface area contributed by atoms with Crippen LogP contribution in [0.5, 0.6) is 0 Å². The first-order valence-electron chi connectivity index (χ1n) is 7.18. The summed E-state index contributed by atoms with van der Waals surface area (Å²) < 4.78 is 36.9. The zero-order chi connectivity index (χ0) is 16.2. The topological polar surface area (TPSA) is 52.6 Å². The molecule has 1 heterocycles. The molecule has 1 aromatic rings. The fourth-order valence-electron chi connectivity index (χ4n) is 2.56. The van der Waals surface area contributed by atoms with E-state index in [0.29, 0.717) is 26.1 Å². The fourth-order valence-corrected chi connectivity index (χ4v) is 2.56. The molecule has 0 saturated carbocycles. The number of rotatable bonds is 3. The first-order chi connectivity index (χ1) is 10.4. The molecule has 122 valence electrons. The Bertz CT molecular complexity index is 493. The van der Waals surface area contributed by atoms with Gasteiger partial charge in [-0.2, -0.15) is 13.2 Å². The van der Waals surface area contributed by atoms with Crippen LogP contribution in [-0.4, -0.2) is 47.3 Å². The highest BCUT2D eigenvalue weighted by atomic mass is 19.4. The first-order valence-corrected chi connectivity index (χ1v) is 7.18. The summed E-state index contributed by atoms with van der Waals surface area (Å²) in [6.07, 6.45) is -5.27. The number of carbonyl (C=O) groups excluding carboxylic acids is 1. The molecule has 2 atom stereocenters. The maximum Gasteiger partial charge on any atom is 0.471 e. The summed E-state index contributed by atoms with van der Waals surface area (Å²) in [6.45, 7) is 1.77.